The zero-order chi connectivity index (χ0) is 28.9. The molecule has 3 aromatic carbocycles. The van der Waals surface area contributed by atoms with E-state index in [2.05, 4.69) is 9.97 Å². The van der Waals surface area contributed by atoms with E-state index in [0.29, 0.717) is 28.1 Å². The Kier molecular flexibility index (Phi) is 6.66. The summed E-state index contributed by atoms with van der Waals surface area (Å²) >= 11 is 0. The molecule has 0 bridgehead atoms. The molecular weight excluding hydrogens is 506 g/mol. The number of amides is 1. The highest BCUT2D eigenvalue weighted by Crippen LogP contribution is 2.43. The lowest BCUT2D eigenvalue weighted by molar-refractivity contribution is -0.132. The number of carbonyl (C=O) groups excluding carboxylic acids is 2. The zero-order valence-corrected chi connectivity index (χ0v) is 23.7. The van der Waals surface area contributed by atoms with Crippen molar-refractivity contribution in [2.75, 3.05) is 19.1 Å². The monoisotopic (exact) mass is 539 g/mol. The van der Waals surface area contributed by atoms with E-state index in [1.165, 1.54) is 4.90 Å². The number of aliphatic hydroxyl groups excluding tert-OH is 1. The van der Waals surface area contributed by atoms with Gasteiger partial charge in [-0.2, -0.15) is 0 Å². The van der Waals surface area contributed by atoms with Crippen LogP contribution in [0.2, 0.25) is 0 Å². The number of aliphatic hydroxyl groups is 1. The Bertz CT molecular complexity index is 1640. The van der Waals surface area contributed by atoms with Crippen LogP contribution in [0.4, 0.5) is 5.95 Å². The predicted molar refractivity (Wildman–Crippen MR) is 155 cm³/mol. The fourth-order valence-corrected chi connectivity index (χ4v) is 5.12. The Morgan fingerprint density at radius 3 is 2.25 bits per heavy atom. The van der Waals surface area contributed by atoms with Crippen LogP contribution < -0.4 is 14.4 Å². The minimum absolute atomic E-state index is 0.0204. The number of nitrogens with one attached hydrogen (secondary N) is 1. The number of aromatic nitrogens is 2. The first-order valence-corrected chi connectivity index (χ1v) is 13.1. The Morgan fingerprint density at radius 2 is 1.62 bits per heavy atom. The minimum atomic E-state index is -0.922. The third-order valence-electron chi connectivity index (χ3n) is 7.47. The average molecular weight is 540 g/mol. The first kappa shape index (κ1) is 27.0. The number of aryl methyl sites for hydroxylation is 2. The normalized spacial score (nSPS) is 17.1. The summed E-state index contributed by atoms with van der Waals surface area (Å²) in [5, 5.41) is 11.7. The molecule has 8 nitrogen and oxygen atoms in total. The number of Topliss-reactive ketones (excluding diaryl/α,β-unsaturated/α-hetero) is 1. The molecule has 1 aromatic heterocycles. The fourth-order valence-electron chi connectivity index (χ4n) is 5.12. The molecule has 0 spiro atoms. The number of ketones is 1. The van der Waals surface area contributed by atoms with Crippen molar-refractivity contribution in [3.8, 4) is 11.5 Å². The van der Waals surface area contributed by atoms with Gasteiger partial charge < -0.3 is 19.6 Å². The van der Waals surface area contributed by atoms with E-state index < -0.39 is 17.7 Å². The lowest BCUT2D eigenvalue weighted by Gasteiger charge is -2.24. The molecule has 8 heteroatoms. The maximum absolute atomic E-state index is 13.6. The lowest BCUT2D eigenvalue weighted by atomic mass is 9.84. The van der Waals surface area contributed by atoms with Crippen molar-refractivity contribution in [1.29, 1.82) is 0 Å². The Balaban J connectivity index is 1.73. The number of aromatic amines is 1. The predicted octanol–water partition coefficient (Wildman–Crippen LogP) is 6.12. The Labute approximate surface area is 233 Å². The maximum atomic E-state index is 13.6. The quantitative estimate of drug-likeness (QED) is 0.180. The number of carbonyl (C=O) groups is 2. The highest BCUT2D eigenvalue weighted by Gasteiger charge is 2.48. The number of methoxy groups -OCH3 is 2. The molecule has 1 aliphatic rings. The number of hydrogen-bond donors (Lipinski definition) is 2. The van der Waals surface area contributed by atoms with E-state index in [0.717, 1.165) is 22.2 Å². The average Bonchev–Trinajstić information content (AvgIpc) is 3.44. The van der Waals surface area contributed by atoms with Crippen molar-refractivity contribution in [2.24, 2.45) is 0 Å². The van der Waals surface area contributed by atoms with Crippen LogP contribution in [0.25, 0.3) is 16.8 Å². The zero-order valence-electron chi connectivity index (χ0n) is 23.7. The molecule has 1 atom stereocenters. The van der Waals surface area contributed by atoms with Crippen LogP contribution >= 0.6 is 0 Å². The number of hydrogen-bond acceptors (Lipinski definition) is 6. The number of fused-ring (bicyclic) bond motifs is 1. The van der Waals surface area contributed by atoms with Crippen molar-refractivity contribution >= 4 is 34.4 Å². The molecule has 1 unspecified atom stereocenters. The van der Waals surface area contributed by atoms with Gasteiger partial charge in [-0.1, -0.05) is 32.9 Å². The molecule has 4 aromatic rings. The van der Waals surface area contributed by atoms with Crippen LogP contribution in [0.5, 0.6) is 11.5 Å². The SMILES string of the molecule is COc1ccc(C2/C(=C(\O)c3ccc(OC)c(C(C)(C)C)c3)C(=O)C(=O)N2c2nc3cc(C)c(C)cc3[nH]2)cc1. The summed E-state index contributed by atoms with van der Waals surface area (Å²) in [7, 11) is 3.16. The van der Waals surface area contributed by atoms with E-state index in [-0.39, 0.29) is 22.7 Å². The topological polar surface area (TPSA) is 105 Å². The molecule has 1 amide bonds. The Hall–Kier alpha value is -4.59. The van der Waals surface area contributed by atoms with E-state index in [1.54, 1.807) is 56.7 Å². The van der Waals surface area contributed by atoms with Crippen LogP contribution in [0, 0.1) is 13.8 Å². The molecule has 1 saturated heterocycles. The molecular formula is C32H33N3O5. The van der Waals surface area contributed by atoms with Crippen molar-refractivity contribution < 1.29 is 24.2 Å². The second-order valence-corrected chi connectivity index (χ2v) is 11.1. The highest BCUT2D eigenvalue weighted by atomic mass is 16.5. The molecule has 1 aliphatic heterocycles. The van der Waals surface area contributed by atoms with Gasteiger partial charge in [0.05, 0.1) is 36.9 Å². The largest absolute Gasteiger partial charge is 0.507 e. The van der Waals surface area contributed by atoms with Gasteiger partial charge >= 0.3 is 5.91 Å². The van der Waals surface area contributed by atoms with Crippen LogP contribution in [0.3, 0.4) is 0 Å². The second-order valence-electron chi connectivity index (χ2n) is 11.1. The summed E-state index contributed by atoms with van der Waals surface area (Å²) in [6.45, 7) is 10.1. The molecule has 2 heterocycles. The number of anilines is 1. The van der Waals surface area contributed by atoms with Crippen molar-refractivity contribution in [3.63, 3.8) is 0 Å². The van der Waals surface area contributed by atoms with Gasteiger partial charge in [0.15, 0.2) is 0 Å². The van der Waals surface area contributed by atoms with E-state index in [1.807, 2.05) is 46.8 Å². The summed E-state index contributed by atoms with van der Waals surface area (Å²) in [5.41, 5.74) is 5.15. The van der Waals surface area contributed by atoms with Crippen molar-refractivity contribution in [3.05, 3.63) is 88.0 Å². The van der Waals surface area contributed by atoms with Gasteiger partial charge in [-0.05, 0) is 78.4 Å². The summed E-state index contributed by atoms with van der Waals surface area (Å²) in [4.78, 5) is 36.5. The van der Waals surface area contributed by atoms with Gasteiger partial charge in [-0.15, -0.1) is 0 Å². The summed E-state index contributed by atoms with van der Waals surface area (Å²) in [5.74, 6) is -0.312. The highest BCUT2D eigenvalue weighted by molar-refractivity contribution is 6.51. The standard InChI is InChI=1S/C32H33N3O5/c1-17-14-23-24(15-18(17)2)34-31(33-23)35-27(19-8-11-21(39-6)12-9-19)26(29(37)30(35)38)28(36)20-10-13-25(40-7)22(16-20)32(3,4)5/h8-16,27,36H,1-7H3,(H,33,34)/b28-26+. The van der Waals surface area contributed by atoms with E-state index >= 15 is 0 Å². The molecule has 0 radical (unpaired) electrons. The first-order chi connectivity index (χ1) is 18.9. The van der Waals surface area contributed by atoms with Crippen molar-refractivity contribution in [2.45, 2.75) is 46.1 Å². The number of nitrogens with zero attached hydrogens (tertiary/aromatic N) is 2. The minimum Gasteiger partial charge on any atom is -0.507 e. The molecule has 0 aliphatic carbocycles. The summed E-state index contributed by atoms with van der Waals surface area (Å²) in [6, 6.07) is 15.3. The molecule has 5 rings (SSSR count). The van der Waals surface area contributed by atoms with Crippen LogP contribution in [0.1, 0.15) is 54.6 Å². The number of benzene rings is 3. The second kappa shape index (κ2) is 9.86. The van der Waals surface area contributed by atoms with Crippen LogP contribution in [-0.2, 0) is 15.0 Å². The van der Waals surface area contributed by atoms with Gasteiger partial charge in [0.1, 0.15) is 17.3 Å². The van der Waals surface area contributed by atoms with Crippen LogP contribution in [0.15, 0.2) is 60.2 Å². The number of H-pyrrole nitrogens is 1. The Morgan fingerprint density at radius 1 is 0.950 bits per heavy atom. The van der Waals surface area contributed by atoms with Crippen molar-refractivity contribution in [1.82, 2.24) is 9.97 Å². The summed E-state index contributed by atoms with van der Waals surface area (Å²) in [6.07, 6.45) is 0. The molecule has 1 fully saturated rings. The third-order valence-corrected chi connectivity index (χ3v) is 7.47. The molecule has 40 heavy (non-hydrogen) atoms. The number of rotatable bonds is 5. The van der Waals surface area contributed by atoms with E-state index in [9.17, 15) is 14.7 Å². The lowest BCUT2D eigenvalue weighted by Crippen LogP contribution is -2.30. The van der Waals surface area contributed by atoms with Gasteiger partial charge in [-0.3, -0.25) is 14.5 Å². The van der Waals surface area contributed by atoms with Crippen LogP contribution in [-0.4, -0.2) is 41.0 Å². The van der Waals surface area contributed by atoms with E-state index in [4.69, 9.17) is 9.47 Å². The number of imidazole rings is 1. The molecule has 206 valence electrons. The van der Waals surface area contributed by atoms with Gasteiger partial charge in [0, 0.05) is 11.1 Å². The number of ether oxygens (including phenoxy) is 2. The van der Waals surface area contributed by atoms with Gasteiger partial charge in [0.25, 0.3) is 5.78 Å². The summed E-state index contributed by atoms with van der Waals surface area (Å²) < 4.78 is 10.9. The molecule has 0 saturated carbocycles. The first-order valence-electron chi connectivity index (χ1n) is 13.1. The molecule has 2 N–H and O–H groups in total. The third kappa shape index (κ3) is 4.49. The fraction of sp³-hybridized carbons (Fsp3) is 0.281. The van der Waals surface area contributed by atoms with Gasteiger partial charge in [0.2, 0.25) is 5.95 Å². The smallest absolute Gasteiger partial charge is 0.302 e. The van der Waals surface area contributed by atoms with Gasteiger partial charge in [-0.25, -0.2) is 4.98 Å². The maximum Gasteiger partial charge on any atom is 0.302 e.